The number of hydrogen-bond donors (Lipinski definition) is 1. The highest BCUT2D eigenvalue weighted by Gasteiger charge is 2.21. The highest BCUT2D eigenvalue weighted by atomic mass is 16.4. The summed E-state index contributed by atoms with van der Waals surface area (Å²) in [7, 11) is 0. The van der Waals surface area contributed by atoms with Gasteiger partial charge in [0.15, 0.2) is 0 Å². The van der Waals surface area contributed by atoms with Crippen LogP contribution < -0.4 is 0 Å². The van der Waals surface area contributed by atoms with E-state index in [1.165, 1.54) is 10.5 Å². The molecule has 2 rings (SSSR count). The van der Waals surface area contributed by atoms with Gasteiger partial charge in [0.05, 0.1) is 11.6 Å². The minimum Gasteiger partial charge on any atom is -0.465 e. The van der Waals surface area contributed by atoms with Gasteiger partial charge in [0.2, 0.25) is 0 Å². The Morgan fingerprint density at radius 2 is 1.95 bits per heavy atom. The number of amides is 1. The lowest BCUT2D eigenvalue weighted by Crippen LogP contribution is -2.37. The maximum absolute atomic E-state index is 10.8. The summed E-state index contributed by atoms with van der Waals surface area (Å²) in [6, 6.07) is 9.82. The lowest BCUT2D eigenvalue weighted by molar-refractivity contribution is 0.123. The van der Waals surface area contributed by atoms with E-state index in [0.29, 0.717) is 24.6 Å². The monoisotopic (exact) mass is 258 g/mol. The third-order valence-electron chi connectivity index (χ3n) is 3.81. The maximum atomic E-state index is 10.8. The Labute approximate surface area is 113 Å². The average Bonchev–Trinajstić information content (AvgIpc) is 2.46. The first-order valence-electron chi connectivity index (χ1n) is 6.66. The van der Waals surface area contributed by atoms with Crippen molar-refractivity contribution in [2.24, 2.45) is 5.92 Å². The number of carboxylic acid groups (broad SMARTS) is 1. The fraction of sp³-hybridized carbons (Fsp3) is 0.467. The molecule has 0 unspecified atom stereocenters. The molecule has 1 amide bonds. The molecule has 4 nitrogen and oxygen atoms in total. The van der Waals surface area contributed by atoms with Crippen LogP contribution in [0.15, 0.2) is 24.3 Å². The molecule has 0 saturated carbocycles. The van der Waals surface area contributed by atoms with Gasteiger partial charge in [-0.25, -0.2) is 4.79 Å². The van der Waals surface area contributed by atoms with Crippen LogP contribution in [0.25, 0.3) is 0 Å². The number of carbonyl (C=O) groups is 1. The van der Waals surface area contributed by atoms with Crippen LogP contribution in [0.4, 0.5) is 4.79 Å². The summed E-state index contributed by atoms with van der Waals surface area (Å²) >= 11 is 0. The predicted octanol–water partition coefficient (Wildman–Crippen LogP) is 2.88. The molecule has 19 heavy (non-hydrogen) atoms. The third kappa shape index (κ3) is 3.72. The molecule has 100 valence electrons. The normalized spacial score (nSPS) is 16.1. The lowest BCUT2D eigenvalue weighted by atomic mass is 9.90. The molecule has 0 aromatic heterocycles. The molecule has 1 aromatic carbocycles. The number of piperidine rings is 1. The third-order valence-corrected chi connectivity index (χ3v) is 3.81. The van der Waals surface area contributed by atoms with E-state index in [4.69, 9.17) is 10.4 Å². The van der Waals surface area contributed by atoms with Crippen LogP contribution in [0.2, 0.25) is 0 Å². The first-order chi connectivity index (χ1) is 9.19. The van der Waals surface area contributed by atoms with Gasteiger partial charge in [0, 0.05) is 13.1 Å². The van der Waals surface area contributed by atoms with Crippen molar-refractivity contribution in [1.82, 2.24) is 4.90 Å². The van der Waals surface area contributed by atoms with Crippen LogP contribution in [-0.2, 0) is 6.42 Å². The largest absolute Gasteiger partial charge is 0.465 e. The van der Waals surface area contributed by atoms with E-state index in [2.05, 4.69) is 6.07 Å². The van der Waals surface area contributed by atoms with Crippen molar-refractivity contribution in [3.63, 3.8) is 0 Å². The van der Waals surface area contributed by atoms with Gasteiger partial charge < -0.3 is 10.0 Å². The number of benzene rings is 1. The van der Waals surface area contributed by atoms with Crippen molar-refractivity contribution >= 4 is 6.09 Å². The minimum atomic E-state index is -0.800. The van der Waals surface area contributed by atoms with Gasteiger partial charge in [-0.2, -0.15) is 5.26 Å². The van der Waals surface area contributed by atoms with Crippen molar-refractivity contribution < 1.29 is 9.90 Å². The Kier molecular flexibility index (Phi) is 4.40. The zero-order valence-electron chi connectivity index (χ0n) is 10.9. The van der Waals surface area contributed by atoms with Gasteiger partial charge >= 0.3 is 6.09 Å². The quantitative estimate of drug-likeness (QED) is 0.906. The summed E-state index contributed by atoms with van der Waals surface area (Å²) in [6.07, 6.45) is 3.22. The number of aryl methyl sites for hydroxylation is 1. The molecule has 1 aromatic rings. The number of hydrogen-bond acceptors (Lipinski definition) is 2. The zero-order chi connectivity index (χ0) is 13.7. The van der Waals surface area contributed by atoms with Crippen molar-refractivity contribution in [3.8, 4) is 6.07 Å². The van der Waals surface area contributed by atoms with Crippen molar-refractivity contribution in [2.75, 3.05) is 13.1 Å². The number of likely N-dealkylation sites (tertiary alicyclic amines) is 1. The minimum absolute atomic E-state index is 0.617. The molecule has 1 aliphatic heterocycles. The Morgan fingerprint density at radius 1 is 1.32 bits per heavy atom. The molecule has 1 saturated heterocycles. The standard InChI is InChI=1S/C15H18N2O2/c16-11-14-5-3-12(4-6-14)1-2-13-7-9-17(10-8-13)15(18)19/h3-6,13H,1-2,7-10H2,(H,18,19). The maximum Gasteiger partial charge on any atom is 0.407 e. The molecule has 4 heteroatoms. The van der Waals surface area contributed by atoms with Gasteiger partial charge in [0.25, 0.3) is 0 Å². The van der Waals surface area contributed by atoms with Crippen LogP contribution in [0.1, 0.15) is 30.4 Å². The van der Waals surface area contributed by atoms with E-state index >= 15 is 0 Å². The molecule has 0 radical (unpaired) electrons. The Morgan fingerprint density at radius 3 is 2.47 bits per heavy atom. The summed E-state index contributed by atoms with van der Waals surface area (Å²) in [5.74, 6) is 0.617. The summed E-state index contributed by atoms with van der Waals surface area (Å²) in [4.78, 5) is 12.3. The van der Waals surface area contributed by atoms with Gasteiger partial charge in [-0.1, -0.05) is 12.1 Å². The van der Waals surface area contributed by atoms with Crippen LogP contribution >= 0.6 is 0 Å². The van der Waals surface area contributed by atoms with Crippen molar-refractivity contribution in [3.05, 3.63) is 35.4 Å². The van der Waals surface area contributed by atoms with E-state index in [9.17, 15) is 4.79 Å². The van der Waals surface area contributed by atoms with Crippen LogP contribution in [-0.4, -0.2) is 29.2 Å². The second-order valence-corrected chi connectivity index (χ2v) is 5.06. The summed E-state index contributed by atoms with van der Waals surface area (Å²) in [6.45, 7) is 1.32. The molecular formula is C15H18N2O2. The van der Waals surface area contributed by atoms with Gasteiger partial charge in [-0.3, -0.25) is 0 Å². The second-order valence-electron chi connectivity index (χ2n) is 5.06. The molecule has 1 N–H and O–H groups in total. The Bertz CT molecular complexity index is 468. The Hall–Kier alpha value is -2.02. The number of nitriles is 1. The van der Waals surface area contributed by atoms with Gasteiger partial charge in [0.1, 0.15) is 0 Å². The van der Waals surface area contributed by atoms with E-state index in [-0.39, 0.29) is 0 Å². The second kappa shape index (κ2) is 6.24. The van der Waals surface area contributed by atoms with Crippen molar-refractivity contribution in [2.45, 2.75) is 25.7 Å². The molecule has 1 fully saturated rings. The van der Waals surface area contributed by atoms with Gasteiger partial charge in [-0.15, -0.1) is 0 Å². The van der Waals surface area contributed by atoms with Crippen LogP contribution in [0, 0.1) is 17.2 Å². The molecule has 0 aliphatic carbocycles. The number of nitrogens with zero attached hydrogens (tertiary/aromatic N) is 2. The lowest BCUT2D eigenvalue weighted by Gasteiger charge is -2.29. The predicted molar refractivity (Wildman–Crippen MR) is 71.8 cm³/mol. The fourth-order valence-corrected chi connectivity index (χ4v) is 2.53. The van der Waals surface area contributed by atoms with Crippen LogP contribution in [0.3, 0.4) is 0 Å². The molecule has 0 spiro atoms. The molecule has 1 heterocycles. The molecule has 0 atom stereocenters. The Balaban J connectivity index is 1.77. The smallest absolute Gasteiger partial charge is 0.407 e. The first kappa shape index (κ1) is 13.4. The molecule has 0 bridgehead atoms. The highest BCUT2D eigenvalue weighted by molar-refractivity contribution is 5.64. The summed E-state index contributed by atoms with van der Waals surface area (Å²) in [5.41, 5.74) is 1.94. The zero-order valence-corrected chi connectivity index (χ0v) is 10.9. The van der Waals surface area contributed by atoms with E-state index in [1.807, 2.05) is 24.3 Å². The fourth-order valence-electron chi connectivity index (χ4n) is 2.53. The molecule has 1 aliphatic rings. The highest BCUT2D eigenvalue weighted by Crippen LogP contribution is 2.22. The SMILES string of the molecule is N#Cc1ccc(CCC2CCN(C(=O)O)CC2)cc1. The number of rotatable bonds is 3. The summed E-state index contributed by atoms with van der Waals surface area (Å²) < 4.78 is 0. The van der Waals surface area contributed by atoms with E-state index in [1.54, 1.807) is 0 Å². The first-order valence-corrected chi connectivity index (χ1v) is 6.66. The van der Waals surface area contributed by atoms with Crippen molar-refractivity contribution in [1.29, 1.82) is 5.26 Å². The topological polar surface area (TPSA) is 64.3 Å². The molecular weight excluding hydrogens is 240 g/mol. The van der Waals surface area contributed by atoms with Gasteiger partial charge in [-0.05, 0) is 49.3 Å². The summed E-state index contributed by atoms with van der Waals surface area (Å²) in [5, 5.41) is 17.6. The van der Waals surface area contributed by atoms with E-state index in [0.717, 1.165) is 25.7 Å². The van der Waals surface area contributed by atoms with E-state index < -0.39 is 6.09 Å². The average molecular weight is 258 g/mol. The van der Waals surface area contributed by atoms with Crippen LogP contribution in [0.5, 0.6) is 0 Å².